The lowest BCUT2D eigenvalue weighted by Crippen LogP contribution is -2.30. The van der Waals surface area contributed by atoms with E-state index in [2.05, 4.69) is 0 Å². The first-order valence-electron chi connectivity index (χ1n) is 18.6. The Balaban J connectivity index is 1.67. The van der Waals surface area contributed by atoms with Crippen LogP contribution in [0.4, 0.5) is 11.4 Å². The van der Waals surface area contributed by atoms with Crippen LogP contribution in [0.1, 0.15) is 90.2 Å². The standard InChI is InChI=1S/C41H44N4O11S2/c1-40(2)30-19-26(57(51,52)53)13-15-32(30)44(17-9-5-7-11-36(46)47)34(40)21-28-38(25(23-42)24-43)29(39(28)50)22-35-41(3,4)31-20-27(58(54,55)56)14-16-33(31)45(35)18-10-6-8-12-37(48)49/h13-16,19-22H,5-12,17-18H2,1-4H3,(H4-,46,47,48,49,50,51,52,53,54,55,56)/p+1. The van der Waals surface area contributed by atoms with Gasteiger partial charge in [-0.25, -0.2) is 0 Å². The summed E-state index contributed by atoms with van der Waals surface area (Å²) < 4.78 is 70.3. The monoisotopic (exact) mass is 833 g/mol. The van der Waals surface area contributed by atoms with E-state index in [1.807, 2.05) is 49.3 Å². The molecule has 15 nitrogen and oxygen atoms in total. The molecule has 0 radical (unpaired) electrons. The number of carbonyl (C=O) groups is 2. The number of aliphatic hydroxyl groups is 1. The minimum atomic E-state index is -4.57. The van der Waals surface area contributed by atoms with Gasteiger partial charge < -0.3 is 20.2 Å². The summed E-state index contributed by atoms with van der Waals surface area (Å²) in [6.45, 7) is 8.03. The lowest BCUT2D eigenvalue weighted by atomic mass is 9.74. The minimum absolute atomic E-state index is 0.0115. The normalized spacial score (nSPS) is 18.2. The average Bonchev–Trinajstić information content (AvgIpc) is 3.48. The number of rotatable bonds is 16. The molecule has 0 saturated carbocycles. The topological polar surface area (TPSA) is 257 Å². The van der Waals surface area contributed by atoms with Crippen LogP contribution in [0.3, 0.4) is 0 Å². The highest BCUT2D eigenvalue weighted by atomic mass is 32.2. The minimum Gasteiger partial charge on any atom is -0.507 e. The molecule has 0 fully saturated rings. The molecule has 3 aliphatic rings. The summed E-state index contributed by atoms with van der Waals surface area (Å²) >= 11 is 0. The number of carboxylic acid groups (broad SMARTS) is 2. The van der Waals surface area contributed by atoms with Gasteiger partial charge in [0, 0.05) is 77.0 Å². The van der Waals surface area contributed by atoms with Crippen LogP contribution < -0.4 is 4.90 Å². The van der Waals surface area contributed by atoms with Gasteiger partial charge in [-0.15, -0.1) is 0 Å². The second-order valence-corrected chi connectivity index (χ2v) is 18.3. The van der Waals surface area contributed by atoms with E-state index in [0.717, 1.165) is 0 Å². The number of anilines is 1. The Hall–Kier alpha value is -5.59. The summed E-state index contributed by atoms with van der Waals surface area (Å²) in [6, 6.07) is 12.3. The molecule has 0 saturated heterocycles. The quantitative estimate of drug-likeness (QED) is 0.0515. The van der Waals surface area contributed by atoms with Crippen molar-refractivity contribution < 1.29 is 55.4 Å². The van der Waals surface area contributed by atoms with Crippen LogP contribution in [-0.2, 0) is 40.7 Å². The van der Waals surface area contributed by atoms with E-state index in [1.54, 1.807) is 24.3 Å². The molecule has 0 bridgehead atoms. The van der Waals surface area contributed by atoms with Crippen LogP contribution in [0.2, 0.25) is 0 Å². The van der Waals surface area contributed by atoms with Crippen LogP contribution in [0, 0.1) is 22.7 Å². The Morgan fingerprint density at radius 3 is 1.88 bits per heavy atom. The highest BCUT2D eigenvalue weighted by molar-refractivity contribution is 7.86. The van der Waals surface area contributed by atoms with Crippen LogP contribution in [0.25, 0.3) is 0 Å². The molecule has 306 valence electrons. The van der Waals surface area contributed by atoms with Crippen molar-refractivity contribution in [3.05, 3.63) is 93.4 Å². The number of hydrogen-bond acceptors (Lipinski definition) is 10. The van der Waals surface area contributed by atoms with E-state index in [9.17, 15) is 51.2 Å². The first-order valence-corrected chi connectivity index (χ1v) is 21.5. The summed E-state index contributed by atoms with van der Waals surface area (Å²) in [5.74, 6) is -2.09. The summed E-state index contributed by atoms with van der Waals surface area (Å²) in [5.41, 5.74) is 1.74. The van der Waals surface area contributed by atoms with Crippen molar-refractivity contribution in [3.8, 4) is 12.1 Å². The molecule has 0 atom stereocenters. The molecule has 2 aromatic carbocycles. The van der Waals surface area contributed by atoms with Gasteiger partial charge in [0.1, 0.15) is 30.0 Å². The van der Waals surface area contributed by atoms with Gasteiger partial charge in [0.15, 0.2) is 5.71 Å². The molecule has 17 heteroatoms. The maximum atomic E-state index is 12.2. The van der Waals surface area contributed by atoms with Crippen molar-refractivity contribution in [3.63, 3.8) is 0 Å². The molecule has 0 spiro atoms. The molecule has 58 heavy (non-hydrogen) atoms. The fourth-order valence-electron chi connectivity index (χ4n) is 7.90. The third kappa shape index (κ3) is 8.49. The second kappa shape index (κ2) is 16.3. The third-order valence-electron chi connectivity index (χ3n) is 11.0. The lowest BCUT2D eigenvalue weighted by Gasteiger charge is -2.31. The van der Waals surface area contributed by atoms with Crippen molar-refractivity contribution in [2.75, 3.05) is 18.0 Å². The molecule has 5 N–H and O–H groups in total. The van der Waals surface area contributed by atoms with Gasteiger partial charge >= 0.3 is 11.9 Å². The number of fused-ring (bicyclic) bond motifs is 2. The SMILES string of the molecule is CC1(C)C(=CC2=C(O)C(=CC3=[N+](CCCCCC(=O)O)c4ccc(S(=O)(=O)O)cc4C3(C)C)C2=C(C#N)C#N)N(CCCCCC(=O)O)c2ccc(S(=O)(=O)O)cc21. The molecular formula is C41H45N4O11S2+. The largest absolute Gasteiger partial charge is 0.507 e. The van der Waals surface area contributed by atoms with Gasteiger partial charge in [0.05, 0.1) is 15.2 Å². The number of nitrogens with zero attached hydrogens (tertiary/aromatic N) is 4. The fourth-order valence-corrected chi connectivity index (χ4v) is 8.92. The van der Waals surface area contributed by atoms with Crippen LogP contribution in [-0.4, -0.2) is 76.6 Å². The lowest BCUT2D eigenvalue weighted by molar-refractivity contribution is -0.438. The molecule has 1 aliphatic carbocycles. The Morgan fingerprint density at radius 2 is 1.33 bits per heavy atom. The van der Waals surface area contributed by atoms with E-state index in [0.29, 0.717) is 85.5 Å². The van der Waals surface area contributed by atoms with Gasteiger partial charge in [-0.3, -0.25) is 18.7 Å². The van der Waals surface area contributed by atoms with E-state index in [-0.39, 0.29) is 50.7 Å². The summed E-state index contributed by atoms with van der Waals surface area (Å²) in [7, 11) is -9.14. The van der Waals surface area contributed by atoms with Crippen LogP contribution in [0.5, 0.6) is 0 Å². The summed E-state index contributed by atoms with van der Waals surface area (Å²) in [4.78, 5) is 23.5. The zero-order valence-electron chi connectivity index (χ0n) is 32.5. The molecule has 2 aromatic rings. The Labute approximate surface area is 337 Å². The zero-order chi connectivity index (χ0) is 43.0. The van der Waals surface area contributed by atoms with Gasteiger partial charge in [-0.2, -0.15) is 31.9 Å². The van der Waals surface area contributed by atoms with Gasteiger partial charge in [0.2, 0.25) is 5.69 Å². The van der Waals surface area contributed by atoms with Gasteiger partial charge in [-0.05, 0) is 81.5 Å². The van der Waals surface area contributed by atoms with Crippen molar-refractivity contribution in [1.29, 1.82) is 10.5 Å². The number of nitriles is 2. The first-order chi connectivity index (χ1) is 27.0. The van der Waals surface area contributed by atoms with E-state index >= 15 is 0 Å². The molecular weight excluding hydrogens is 789 g/mol. The molecule has 0 aromatic heterocycles. The van der Waals surface area contributed by atoms with Crippen molar-refractivity contribution in [2.45, 2.75) is 99.7 Å². The van der Waals surface area contributed by atoms with E-state index < -0.39 is 43.0 Å². The number of unbranched alkanes of at least 4 members (excludes halogenated alkanes) is 4. The van der Waals surface area contributed by atoms with Crippen LogP contribution in [0.15, 0.2) is 92.1 Å². The van der Waals surface area contributed by atoms with Crippen molar-refractivity contribution in [1.82, 2.24) is 0 Å². The number of hydrogen-bond donors (Lipinski definition) is 5. The van der Waals surface area contributed by atoms with Gasteiger partial charge in [0.25, 0.3) is 20.2 Å². The van der Waals surface area contributed by atoms with Crippen molar-refractivity contribution >= 4 is 49.3 Å². The zero-order valence-corrected chi connectivity index (χ0v) is 34.1. The van der Waals surface area contributed by atoms with Gasteiger partial charge in [-0.1, -0.05) is 20.3 Å². The number of aliphatic hydroxyl groups excluding tert-OH is 1. The Kier molecular flexibility index (Phi) is 12.3. The average molecular weight is 834 g/mol. The summed E-state index contributed by atoms with van der Waals surface area (Å²) in [6.07, 6.45) is 6.31. The maximum Gasteiger partial charge on any atom is 0.303 e. The highest BCUT2D eigenvalue weighted by Crippen LogP contribution is 2.52. The maximum absolute atomic E-state index is 12.2. The highest BCUT2D eigenvalue weighted by Gasteiger charge is 2.47. The van der Waals surface area contributed by atoms with Crippen LogP contribution >= 0.6 is 0 Å². The predicted molar refractivity (Wildman–Crippen MR) is 212 cm³/mol. The number of benzene rings is 2. The molecule has 0 unspecified atom stereocenters. The smallest absolute Gasteiger partial charge is 0.303 e. The van der Waals surface area contributed by atoms with Crippen molar-refractivity contribution in [2.24, 2.45) is 0 Å². The predicted octanol–water partition coefficient (Wildman–Crippen LogP) is 6.62. The number of allylic oxidation sites excluding steroid dienone is 6. The molecule has 0 amide bonds. The van der Waals surface area contributed by atoms with E-state index in [1.165, 1.54) is 24.3 Å². The molecule has 2 aliphatic heterocycles. The fraction of sp³-hybridized carbons (Fsp3) is 0.390. The summed E-state index contributed by atoms with van der Waals surface area (Å²) in [5, 5.41) is 50.4. The third-order valence-corrected chi connectivity index (χ3v) is 12.7. The molecule has 2 heterocycles. The Morgan fingerprint density at radius 1 is 0.776 bits per heavy atom. The molecule has 5 rings (SSSR count). The Bertz CT molecular complexity index is 2550. The number of carboxylic acids is 2. The number of aliphatic carboxylic acids is 2. The second-order valence-electron chi connectivity index (χ2n) is 15.5. The first kappa shape index (κ1) is 43.5. The van der Waals surface area contributed by atoms with E-state index in [4.69, 9.17) is 10.2 Å².